The van der Waals surface area contributed by atoms with Crippen molar-refractivity contribution < 1.29 is 262 Å². The lowest BCUT2D eigenvalue weighted by atomic mass is 9.88. The molecule has 0 aromatic rings. The van der Waals surface area contributed by atoms with Crippen LogP contribution >= 0.6 is 0 Å². The van der Waals surface area contributed by atoms with Gasteiger partial charge >= 0.3 is 5.97 Å². The minimum atomic E-state index is -3.33. The van der Waals surface area contributed by atoms with Gasteiger partial charge in [-0.25, -0.2) is 4.79 Å². The second-order valence-corrected chi connectivity index (χ2v) is 32.4. The van der Waals surface area contributed by atoms with Crippen molar-refractivity contribution in [2.45, 2.75) is 353 Å². The number of carboxylic acid groups (broad SMARTS) is 1. The summed E-state index contributed by atoms with van der Waals surface area (Å²) in [6.07, 6.45) is -99.6. The predicted octanol–water partition coefficient (Wildman–Crippen LogP) is -22.0. The topological polar surface area (TPSA) is 896 Å². The summed E-state index contributed by atoms with van der Waals surface area (Å²) in [5.41, 5.74) is 0. The van der Waals surface area contributed by atoms with Gasteiger partial charge in [-0.3, -0.25) is 19.2 Å². The summed E-state index contributed by atoms with van der Waals surface area (Å²) in [5, 5.41) is 332. The number of aliphatic hydroxyl groups excluding tert-OH is 28. The molecule has 0 aromatic heterocycles. The van der Waals surface area contributed by atoms with E-state index in [0.29, 0.717) is 0 Å². The van der Waals surface area contributed by atoms with E-state index in [-0.39, 0.29) is 0 Å². The van der Waals surface area contributed by atoms with Gasteiger partial charge in [-0.05, 0) is 6.92 Å². The first kappa shape index (κ1) is 106. The van der Waals surface area contributed by atoms with E-state index in [1.165, 1.54) is 6.92 Å². The SMILES string of the molecule is CC(=O)N[C@H]1[C@H](O[C@H]2[C@@H](O)[C@@H](CO)O[C@@H](O[C@H]3[C@H](O)[C@@H](O)[C@H](O)O[C@@H]3CO)[C@@H]2O)O[C@H](CO)[C@@H](O[C@@H]2O[C@H](CO[C@@H]3O[C@H](CO)[C@@H](O[C@@H]4O[C@H](CO)[C@H](O)[C@H](O)[C@H]4O[C@@H]4O[C@@H](C)[C@@H](O)[C@@H](O)[C@@H]4O)[C@H](O)[C@H]3NC(C)=O)[C@H](O)[C@H](O[C@H]3O[C@H](CO)[C@@H](O[C@@H]4O[C@H](CO)[C@H](O)[C@H](O[C@]5(C(=O)O)C[C@H](O)[C@@H](NC(C)=O)[C@H]([C@H](O)[C@H](O)CO)O5)[C@H]4O)[C@H](O)[C@H]3NC(C)=O)[C@H]2O)[C@@H]1O. The average Bonchev–Trinajstić information content (AvgIpc) is 0.777. The molecule has 0 radical (unpaired) electrons. The van der Waals surface area contributed by atoms with E-state index in [1.54, 1.807) is 0 Å². The molecule has 0 spiro atoms. The second kappa shape index (κ2) is 45.4. The van der Waals surface area contributed by atoms with Gasteiger partial charge in [0, 0.05) is 34.1 Å². The highest BCUT2D eigenvalue weighted by molar-refractivity contribution is 5.77. The summed E-state index contributed by atoms with van der Waals surface area (Å²) in [6, 6.07) is -7.94. The van der Waals surface area contributed by atoms with Crippen molar-refractivity contribution >= 4 is 29.6 Å². The third-order valence-electron chi connectivity index (χ3n) is 23.4. The van der Waals surface area contributed by atoms with E-state index in [4.69, 9.17) is 90.0 Å². The number of hydrogen-bond donors (Lipinski definition) is 33. The van der Waals surface area contributed by atoms with Crippen LogP contribution < -0.4 is 21.3 Å². The molecule has 4 amide bonds. The Bertz CT molecular complexity index is 3530. The maximum atomic E-state index is 13.3. The number of carboxylic acids is 1. The van der Waals surface area contributed by atoms with Crippen LogP contribution in [0.4, 0.5) is 0 Å². The standard InChI is InChI=1S/C71H118N4O53/c1-16-35(90)44(99)48(103)65(111-16)126-60-45(100)37(92)23(8-77)115-69(60)123-54-27(12-81)116-62(32(41(54)96)73-18(3)85)110-15-30-40(95)58(50(105)67(119-30)120-52-28(13-82)117-63(33(42(52)97)74-19(4)86)124-57-38(93)24(9-78)113-66(49(57)104)122-55-26(11-80)112-61(107)47(102)46(55)101)125-64-34(75-20(5)87)43(98)53(29(14-83)118-64)121-68-51(106)59(39(94)25(10-79)114-68)128-71(70(108)109)6-21(88)31(72-17(2)84)56(127-71)36(91)22(89)7-76/h16,21-69,76-83,88-107H,6-15H2,1-5H3,(H,72,84)(H,73,85)(H,74,86)(H,75,87)(H,108,109)/t16-,21-,22+,23+,24+,25+,26+,27+,28+,29+,30+,31+,32+,33+,34+,35+,36+,37-,38-,39-,40-,41+,42+,43+,44+,45-,46+,47+,48-,49+,50+,51+,52+,53+,54+,55+,56+,57-,58-,59-,60+,61+,62+,63-,64+,65-,66-,67-,68-,69-,71-/m0/s1. The van der Waals surface area contributed by atoms with Crippen LogP contribution in [-0.2, 0) is 114 Å². The summed E-state index contributed by atoms with van der Waals surface area (Å²) in [7, 11) is 0. The van der Waals surface area contributed by atoms with E-state index in [9.17, 15) is 172 Å². The van der Waals surface area contributed by atoms with E-state index in [0.717, 1.165) is 27.7 Å². The zero-order valence-electron chi connectivity index (χ0n) is 68.7. The molecule has 0 unspecified atom stereocenters. The lowest BCUT2D eigenvalue weighted by molar-refractivity contribution is -0.394. The number of carbonyl (C=O) groups is 5. The Kier molecular flexibility index (Phi) is 37.4. The molecule has 10 saturated heterocycles. The number of ether oxygens (including phenoxy) is 19. The molecular formula is C71H118N4O53. The number of aliphatic carboxylic acids is 1. The Labute approximate surface area is 723 Å². The highest BCUT2D eigenvalue weighted by Gasteiger charge is 2.64. The molecule has 0 saturated carbocycles. The number of amides is 4. The van der Waals surface area contributed by atoms with Crippen molar-refractivity contribution in [3.63, 3.8) is 0 Å². The van der Waals surface area contributed by atoms with E-state index >= 15 is 0 Å². The van der Waals surface area contributed by atoms with Gasteiger partial charge in [0.2, 0.25) is 23.6 Å². The van der Waals surface area contributed by atoms with Gasteiger partial charge in [0.1, 0.15) is 232 Å². The third kappa shape index (κ3) is 22.9. The maximum Gasteiger partial charge on any atom is 0.364 e. The number of carbonyl (C=O) groups excluding carboxylic acids is 4. The Morgan fingerprint density at radius 2 is 0.672 bits per heavy atom. The van der Waals surface area contributed by atoms with Gasteiger partial charge in [0.05, 0.1) is 77.7 Å². The average molecular weight is 1880 g/mol. The van der Waals surface area contributed by atoms with E-state index < -0.39 is 408 Å². The van der Waals surface area contributed by atoms with Gasteiger partial charge < -0.3 is 259 Å². The summed E-state index contributed by atoms with van der Waals surface area (Å²) < 4.78 is 112. The fourth-order valence-corrected chi connectivity index (χ4v) is 16.6. The third-order valence-corrected chi connectivity index (χ3v) is 23.4. The van der Waals surface area contributed by atoms with Crippen LogP contribution in [0.3, 0.4) is 0 Å². The number of nitrogens with one attached hydrogen (secondary N) is 4. The van der Waals surface area contributed by atoms with Gasteiger partial charge in [0.15, 0.2) is 56.6 Å². The molecule has 57 nitrogen and oxygen atoms in total. The van der Waals surface area contributed by atoms with E-state index in [1.807, 2.05) is 0 Å². The molecule has 0 bridgehead atoms. The molecular weight excluding hydrogens is 1760 g/mol. The molecule has 0 aliphatic carbocycles. The Hall–Kier alpha value is -4.53. The maximum absolute atomic E-state index is 13.3. The molecule has 128 heavy (non-hydrogen) atoms. The van der Waals surface area contributed by atoms with Crippen molar-refractivity contribution in [3.05, 3.63) is 0 Å². The Balaban J connectivity index is 0.959. The lowest BCUT2D eigenvalue weighted by Crippen LogP contribution is -2.71. The summed E-state index contributed by atoms with van der Waals surface area (Å²) >= 11 is 0. The molecule has 57 heteroatoms. The monoisotopic (exact) mass is 1870 g/mol. The van der Waals surface area contributed by atoms with Crippen molar-refractivity contribution in [1.82, 2.24) is 21.3 Å². The molecule has 10 heterocycles. The zero-order valence-corrected chi connectivity index (χ0v) is 68.7. The summed E-state index contributed by atoms with van der Waals surface area (Å²) in [6.45, 7) is -5.75. The highest BCUT2D eigenvalue weighted by Crippen LogP contribution is 2.43. The minimum Gasteiger partial charge on any atom is -0.477 e. The molecule has 0 aromatic carbocycles. The molecule has 10 fully saturated rings. The van der Waals surface area contributed by atoms with Crippen LogP contribution in [0.15, 0.2) is 0 Å². The van der Waals surface area contributed by atoms with Crippen LogP contribution in [0, 0.1) is 0 Å². The molecule has 10 aliphatic rings. The van der Waals surface area contributed by atoms with Crippen molar-refractivity contribution in [2.75, 3.05) is 59.5 Å². The smallest absolute Gasteiger partial charge is 0.364 e. The lowest BCUT2D eigenvalue weighted by Gasteiger charge is -2.51. The first-order valence-electron chi connectivity index (χ1n) is 40.6. The van der Waals surface area contributed by atoms with Gasteiger partial charge in [0.25, 0.3) is 5.79 Å². The first-order valence-corrected chi connectivity index (χ1v) is 40.6. The largest absolute Gasteiger partial charge is 0.477 e. The van der Waals surface area contributed by atoms with Gasteiger partial charge in [-0.15, -0.1) is 0 Å². The first-order chi connectivity index (χ1) is 60.4. The van der Waals surface area contributed by atoms with Crippen LogP contribution in [-0.4, -0.2) is 550 Å². The van der Waals surface area contributed by atoms with Crippen LogP contribution in [0.2, 0.25) is 0 Å². The van der Waals surface area contributed by atoms with Crippen molar-refractivity contribution in [3.8, 4) is 0 Å². The van der Waals surface area contributed by atoms with Crippen LogP contribution in [0.1, 0.15) is 41.0 Å². The van der Waals surface area contributed by atoms with Crippen molar-refractivity contribution in [1.29, 1.82) is 0 Å². The molecule has 740 valence electrons. The fraction of sp³-hybridized carbons (Fsp3) is 0.930. The number of rotatable bonds is 34. The van der Waals surface area contributed by atoms with Crippen LogP contribution in [0.5, 0.6) is 0 Å². The highest BCUT2D eigenvalue weighted by atomic mass is 16.8. The summed E-state index contributed by atoms with van der Waals surface area (Å²) in [5.74, 6) is -9.47. The van der Waals surface area contributed by atoms with E-state index in [2.05, 4.69) is 21.3 Å². The predicted molar refractivity (Wildman–Crippen MR) is 392 cm³/mol. The Morgan fingerprint density at radius 1 is 0.336 bits per heavy atom. The molecule has 10 aliphatic heterocycles. The fourth-order valence-electron chi connectivity index (χ4n) is 16.6. The van der Waals surface area contributed by atoms with Gasteiger partial charge in [-0.2, -0.15) is 0 Å². The summed E-state index contributed by atoms with van der Waals surface area (Å²) in [4.78, 5) is 65.3. The second-order valence-electron chi connectivity index (χ2n) is 32.4. The van der Waals surface area contributed by atoms with Crippen LogP contribution in [0.25, 0.3) is 0 Å². The Morgan fingerprint density at radius 3 is 1.11 bits per heavy atom. The molecule has 33 N–H and O–H groups in total. The molecule has 51 atom stereocenters. The number of aliphatic hydroxyl groups is 28. The zero-order chi connectivity index (χ0) is 94.6. The van der Waals surface area contributed by atoms with Gasteiger partial charge in [-0.1, -0.05) is 0 Å². The molecule has 10 rings (SSSR count). The normalized spacial score (nSPS) is 48.4. The van der Waals surface area contributed by atoms with Crippen molar-refractivity contribution in [2.24, 2.45) is 0 Å². The number of hydrogen-bond acceptors (Lipinski definition) is 52. The quantitative estimate of drug-likeness (QED) is 0.0284. The minimum absolute atomic E-state index is 0.856.